The predicted molar refractivity (Wildman–Crippen MR) is 69.2 cm³/mol. The van der Waals surface area contributed by atoms with Gasteiger partial charge in [0.1, 0.15) is 11.5 Å². The number of benzene rings is 1. The Morgan fingerprint density at radius 2 is 2.11 bits per heavy atom. The number of carbonyl (C=O) groups excluding carboxylic acids is 2. The first-order valence-corrected chi connectivity index (χ1v) is 5.91. The molecule has 100 valence electrons. The second-order valence-electron chi connectivity index (χ2n) is 3.87. The van der Waals surface area contributed by atoms with E-state index in [0.717, 1.165) is 11.0 Å². The first-order chi connectivity index (χ1) is 9.02. The minimum atomic E-state index is -0.589. The number of anilines is 1. The minimum Gasteiger partial charge on any atom is -0.395 e. The molecule has 0 spiro atoms. The Morgan fingerprint density at radius 1 is 1.37 bits per heavy atom. The van der Waals surface area contributed by atoms with Gasteiger partial charge in [-0.1, -0.05) is 0 Å². The number of hydrogen-bond acceptors (Lipinski definition) is 5. The van der Waals surface area contributed by atoms with Gasteiger partial charge in [-0.05, 0) is 18.2 Å². The van der Waals surface area contributed by atoms with Gasteiger partial charge in [-0.15, -0.1) is 12.6 Å². The number of rotatable bonds is 4. The molecule has 0 radical (unpaired) electrons. The Hall–Kier alpha value is -1.86. The zero-order valence-corrected chi connectivity index (χ0v) is 10.7. The fourth-order valence-electron chi connectivity index (χ4n) is 1.66. The summed E-state index contributed by atoms with van der Waals surface area (Å²) in [4.78, 5) is 24.6. The maximum Gasteiger partial charge on any atom is 0.277 e. The van der Waals surface area contributed by atoms with Crippen LogP contribution in [0.3, 0.4) is 0 Å². The van der Waals surface area contributed by atoms with Gasteiger partial charge in [0.05, 0.1) is 18.8 Å². The van der Waals surface area contributed by atoms with E-state index >= 15 is 0 Å². The molecule has 2 N–H and O–H groups in total. The second-order valence-corrected chi connectivity index (χ2v) is 4.38. The SMILES string of the molecule is O=C1C=C(Nc2ccc(S)cc2F)C(=O)N1CCO. The Bertz CT molecular complexity index is 574. The molecule has 0 saturated heterocycles. The van der Waals surface area contributed by atoms with Crippen LogP contribution in [0.1, 0.15) is 0 Å². The standard InChI is InChI=1S/C12H11FN2O3S/c13-8-5-7(19)1-2-9(8)14-10-6-11(17)15(3-4-16)12(10)18/h1-2,5-6,14,16,19H,3-4H2. The van der Waals surface area contributed by atoms with Crippen LogP contribution in [-0.2, 0) is 9.59 Å². The van der Waals surface area contributed by atoms with E-state index in [0.29, 0.717) is 4.90 Å². The van der Waals surface area contributed by atoms with Crippen molar-refractivity contribution in [3.05, 3.63) is 35.8 Å². The van der Waals surface area contributed by atoms with Crippen LogP contribution in [0.2, 0.25) is 0 Å². The van der Waals surface area contributed by atoms with Crippen LogP contribution in [-0.4, -0.2) is 35.0 Å². The van der Waals surface area contributed by atoms with E-state index in [4.69, 9.17) is 5.11 Å². The molecule has 1 aliphatic rings. The van der Waals surface area contributed by atoms with Crippen molar-refractivity contribution in [2.75, 3.05) is 18.5 Å². The molecule has 2 amide bonds. The van der Waals surface area contributed by atoms with Gasteiger partial charge in [0.25, 0.3) is 11.8 Å². The molecule has 0 unspecified atom stereocenters. The third kappa shape index (κ3) is 2.77. The molecule has 1 aliphatic heterocycles. The number of aliphatic hydroxyl groups excluding tert-OH is 1. The summed E-state index contributed by atoms with van der Waals surface area (Å²) in [5.41, 5.74) is 0.0558. The zero-order valence-electron chi connectivity index (χ0n) is 9.76. The number of β-amino-alcohol motifs (C(OH)–C–C–N with tert-alkyl or cyclic N) is 1. The van der Waals surface area contributed by atoms with Crippen molar-refractivity contribution in [3.63, 3.8) is 0 Å². The monoisotopic (exact) mass is 282 g/mol. The van der Waals surface area contributed by atoms with Gasteiger partial charge in [-0.25, -0.2) is 4.39 Å². The minimum absolute atomic E-state index is 0.0238. The quantitative estimate of drug-likeness (QED) is 0.563. The molecule has 1 aromatic rings. The smallest absolute Gasteiger partial charge is 0.277 e. The van der Waals surface area contributed by atoms with Gasteiger partial charge >= 0.3 is 0 Å². The van der Waals surface area contributed by atoms with Gasteiger partial charge in [0, 0.05) is 11.0 Å². The number of amides is 2. The summed E-state index contributed by atoms with van der Waals surface area (Å²) in [6.07, 6.45) is 1.08. The van der Waals surface area contributed by atoms with Gasteiger partial charge < -0.3 is 10.4 Å². The molecule has 7 heteroatoms. The van der Waals surface area contributed by atoms with Gasteiger partial charge in [-0.2, -0.15) is 0 Å². The lowest BCUT2D eigenvalue weighted by Gasteiger charge is -2.13. The Morgan fingerprint density at radius 3 is 2.74 bits per heavy atom. The molecule has 0 fully saturated rings. The fourth-order valence-corrected chi connectivity index (χ4v) is 1.85. The lowest BCUT2D eigenvalue weighted by atomic mass is 10.3. The molecule has 0 aromatic heterocycles. The summed E-state index contributed by atoms with van der Waals surface area (Å²) in [5.74, 6) is -1.70. The van der Waals surface area contributed by atoms with Gasteiger partial charge in [0.15, 0.2) is 0 Å². The molecule has 1 aromatic carbocycles. The van der Waals surface area contributed by atoms with Crippen LogP contribution in [0.5, 0.6) is 0 Å². The van der Waals surface area contributed by atoms with E-state index < -0.39 is 17.6 Å². The van der Waals surface area contributed by atoms with E-state index in [1.165, 1.54) is 12.1 Å². The number of nitrogens with one attached hydrogen (secondary N) is 1. The molecular formula is C12H11FN2O3S. The number of imide groups is 1. The Labute approximate surface area is 114 Å². The van der Waals surface area contributed by atoms with Crippen molar-refractivity contribution >= 4 is 30.1 Å². The molecule has 0 aliphatic carbocycles. The molecule has 2 rings (SSSR count). The van der Waals surface area contributed by atoms with Gasteiger partial charge in [-0.3, -0.25) is 14.5 Å². The number of aliphatic hydroxyl groups is 1. The summed E-state index contributed by atoms with van der Waals surface area (Å²) in [7, 11) is 0. The van der Waals surface area contributed by atoms with Crippen molar-refractivity contribution in [1.82, 2.24) is 4.90 Å². The third-order valence-electron chi connectivity index (χ3n) is 2.56. The molecule has 19 heavy (non-hydrogen) atoms. The van der Waals surface area contributed by atoms with Crippen molar-refractivity contribution in [3.8, 4) is 0 Å². The fraction of sp³-hybridized carbons (Fsp3) is 0.167. The van der Waals surface area contributed by atoms with E-state index in [9.17, 15) is 14.0 Å². The Balaban J connectivity index is 2.18. The lowest BCUT2D eigenvalue weighted by molar-refractivity contribution is -0.137. The summed E-state index contributed by atoms with van der Waals surface area (Å²) < 4.78 is 13.6. The zero-order chi connectivity index (χ0) is 14.0. The number of thiol groups is 1. The van der Waals surface area contributed by atoms with E-state index in [1.54, 1.807) is 6.07 Å². The summed E-state index contributed by atoms with van der Waals surface area (Å²) in [5, 5.41) is 11.3. The summed E-state index contributed by atoms with van der Waals surface area (Å²) >= 11 is 3.98. The van der Waals surface area contributed by atoms with E-state index in [1.807, 2.05) is 0 Å². The number of hydrogen-bond donors (Lipinski definition) is 3. The highest BCUT2D eigenvalue weighted by Crippen LogP contribution is 2.21. The first-order valence-electron chi connectivity index (χ1n) is 5.47. The topological polar surface area (TPSA) is 69.6 Å². The van der Waals surface area contributed by atoms with Crippen LogP contribution in [0, 0.1) is 5.82 Å². The average Bonchev–Trinajstić information content (AvgIpc) is 2.61. The molecular weight excluding hydrogens is 271 g/mol. The van der Waals surface area contributed by atoms with Gasteiger partial charge in [0.2, 0.25) is 0 Å². The van der Waals surface area contributed by atoms with E-state index in [-0.39, 0.29) is 24.5 Å². The van der Waals surface area contributed by atoms with Crippen molar-refractivity contribution in [1.29, 1.82) is 0 Å². The van der Waals surface area contributed by atoms with Crippen molar-refractivity contribution in [2.24, 2.45) is 0 Å². The van der Waals surface area contributed by atoms with Crippen LogP contribution in [0.15, 0.2) is 34.9 Å². The second kappa shape index (κ2) is 5.41. The number of halogens is 1. The summed E-state index contributed by atoms with van der Waals surface area (Å²) in [6.45, 7) is -0.404. The van der Waals surface area contributed by atoms with E-state index in [2.05, 4.69) is 17.9 Å². The number of carbonyl (C=O) groups is 2. The predicted octanol–water partition coefficient (Wildman–Crippen LogP) is 0.771. The lowest BCUT2D eigenvalue weighted by Crippen LogP contribution is -2.34. The highest BCUT2D eigenvalue weighted by atomic mass is 32.1. The highest BCUT2D eigenvalue weighted by molar-refractivity contribution is 7.80. The Kier molecular flexibility index (Phi) is 3.87. The maximum atomic E-state index is 13.6. The molecule has 0 bridgehead atoms. The first kappa shape index (κ1) is 13.6. The summed E-state index contributed by atoms with van der Waals surface area (Å²) in [6, 6.07) is 4.17. The molecule has 1 heterocycles. The van der Waals surface area contributed by atoms with Crippen molar-refractivity contribution in [2.45, 2.75) is 4.90 Å². The largest absolute Gasteiger partial charge is 0.395 e. The third-order valence-corrected chi connectivity index (χ3v) is 2.83. The normalized spacial score (nSPS) is 14.9. The molecule has 5 nitrogen and oxygen atoms in total. The van der Waals surface area contributed by atoms with Crippen LogP contribution < -0.4 is 5.32 Å². The van der Waals surface area contributed by atoms with Crippen LogP contribution >= 0.6 is 12.6 Å². The maximum absolute atomic E-state index is 13.6. The van der Waals surface area contributed by atoms with Crippen LogP contribution in [0.4, 0.5) is 10.1 Å². The molecule has 0 atom stereocenters. The molecule has 0 saturated carbocycles. The van der Waals surface area contributed by atoms with Crippen LogP contribution in [0.25, 0.3) is 0 Å². The average molecular weight is 282 g/mol. The number of nitrogens with zero attached hydrogens (tertiary/aromatic N) is 1. The van der Waals surface area contributed by atoms with Crippen molar-refractivity contribution < 1.29 is 19.1 Å². The highest BCUT2D eigenvalue weighted by Gasteiger charge is 2.30.